The van der Waals surface area contributed by atoms with Gasteiger partial charge in [-0.15, -0.1) is 0 Å². The first-order valence-electron chi connectivity index (χ1n) is 37.5. The van der Waals surface area contributed by atoms with Crippen molar-refractivity contribution in [3.8, 4) is 11.5 Å². The molecule has 598 valence electrons. The summed E-state index contributed by atoms with van der Waals surface area (Å²) in [6.07, 6.45) is -8.09. The van der Waals surface area contributed by atoms with Gasteiger partial charge in [-0.25, -0.2) is 36.7 Å². The van der Waals surface area contributed by atoms with Crippen LogP contribution in [0.15, 0.2) is 229 Å². The second-order valence-corrected chi connectivity index (χ2v) is 28.9. The maximum absolute atomic E-state index is 15.2. The average molecular weight is 1600 g/mol. The minimum atomic E-state index is -4.54. The molecule has 24 heteroatoms. The van der Waals surface area contributed by atoms with E-state index in [0.717, 1.165) is 47.2 Å². The number of ether oxygens (including phenoxy) is 4. The van der Waals surface area contributed by atoms with Crippen LogP contribution in [0, 0.1) is 41.5 Å². The molecule has 118 heavy (non-hydrogen) atoms. The zero-order valence-corrected chi connectivity index (χ0v) is 64.9. The second-order valence-electron chi connectivity index (χ2n) is 28.9. The largest absolute Gasteiger partial charge is 0.486 e. The number of rotatable bonds is 27. The minimum absolute atomic E-state index is 0.00230. The number of aryl methyl sites for hydroxylation is 6. The molecule has 0 saturated carbocycles. The number of esters is 2. The van der Waals surface area contributed by atoms with Crippen molar-refractivity contribution in [2.24, 2.45) is 10.3 Å². The highest BCUT2D eigenvalue weighted by molar-refractivity contribution is 6.29. The van der Waals surface area contributed by atoms with E-state index in [1.165, 1.54) is 48.5 Å². The van der Waals surface area contributed by atoms with E-state index in [0.29, 0.717) is 98.5 Å². The molecule has 0 bridgehead atoms. The molecular formula is C94H74F8N4O12. The van der Waals surface area contributed by atoms with Crippen LogP contribution in [-0.2, 0) is 41.8 Å². The highest BCUT2D eigenvalue weighted by Crippen LogP contribution is 2.43. The van der Waals surface area contributed by atoms with Crippen molar-refractivity contribution in [1.29, 1.82) is 0 Å². The van der Waals surface area contributed by atoms with Crippen LogP contribution in [0.5, 0.6) is 11.5 Å². The van der Waals surface area contributed by atoms with Crippen LogP contribution in [0.2, 0.25) is 0 Å². The lowest BCUT2D eigenvalue weighted by atomic mass is 9.89. The molecule has 0 atom stereocenters. The van der Waals surface area contributed by atoms with Gasteiger partial charge in [0, 0.05) is 115 Å². The Morgan fingerprint density at radius 3 is 1.06 bits per heavy atom. The monoisotopic (exact) mass is 1600 g/mol. The minimum Gasteiger partial charge on any atom is -0.486 e. The van der Waals surface area contributed by atoms with Gasteiger partial charge in [0.2, 0.25) is 0 Å². The second kappa shape index (κ2) is 33.3. The number of hydrogen-bond donors (Lipinski definition) is 0. The Labute approximate surface area is 670 Å². The Hall–Kier alpha value is -13.6. The number of alkyl halides is 8. The normalized spacial score (nSPS) is 12.2. The fourth-order valence-electron chi connectivity index (χ4n) is 15.5. The van der Waals surface area contributed by atoms with Gasteiger partial charge < -0.3 is 37.8 Å². The van der Waals surface area contributed by atoms with Crippen molar-refractivity contribution >= 4 is 112 Å². The molecule has 0 unspecified atom stereocenters. The zero-order valence-electron chi connectivity index (χ0n) is 64.9. The lowest BCUT2D eigenvalue weighted by Gasteiger charge is -2.18. The van der Waals surface area contributed by atoms with Crippen LogP contribution >= 0.6 is 0 Å². The van der Waals surface area contributed by atoms with Gasteiger partial charge in [-0.05, 0) is 158 Å². The van der Waals surface area contributed by atoms with E-state index in [1.54, 1.807) is 97.1 Å². The number of aromatic nitrogens is 2. The molecule has 0 fully saturated rings. The van der Waals surface area contributed by atoms with Gasteiger partial charge in [-0.3, -0.25) is 9.59 Å². The molecule has 0 aliphatic rings. The van der Waals surface area contributed by atoms with E-state index in [4.69, 9.17) is 28.6 Å². The van der Waals surface area contributed by atoms with Gasteiger partial charge in [0.1, 0.15) is 36.1 Å². The van der Waals surface area contributed by atoms with Crippen molar-refractivity contribution in [3.63, 3.8) is 0 Å². The Balaban J connectivity index is 0.796. The number of ketones is 2. The molecule has 0 aliphatic carbocycles. The van der Waals surface area contributed by atoms with Gasteiger partial charge in [-0.1, -0.05) is 167 Å². The van der Waals surface area contributed by atoms with Crippen molar-refractivity contribution in [3.05, 3.63) is 319 Å². The predicted molar refractivity (Wildman–Crippen MR) is 434 cm³/mol. The lowest BCUT2D eigenvalue weighted by molar-refractivity contribution is -0.148. The van der Waals surface area contributed by atoms with Gasteiger partial charge in [0.15, 0.2) is 24.8 Å². The van der Waals surface area contributed by atoms with Gasteiger partial charge in [0.25, 0.3) is 0 Å². The molecule has 0 amide bonds. The number of carbonyl (C=O) groups excluding carboxylic acids is 6. The SMILES string of the molecule is CC(=O)O/N=C(/c1ccc2c(c1)c1cc(C(=O)c3c(C)cc(C)cc3C)c3ccccc3c1n2Cc1ccccc1C(=O)OCCOC(=O)c1ccccc1Cn1c2ccc(/C(=N/OC(C)=O)c3ccccc3OCC(F)(F)C(F)F)cc2c2cc(C(=O)c3c(C)cc(C)cc3C)c3ccccc3c21)c1ccccc1OCC(F)(F)C(F)F. The number of halogens is 8. The summed E-state index contributed by atoms with van der Waals surface area (Å²) in [5.74, 6) is -13.4. The quantitative estimate of drug-likeness (QED) is 0.00901. The van der Waals surface area contributed by atoms with E-state index in [-0.39, 0.29) is 81.0 Å². The molecule has 14 rings (SSSR count). The summed E-state index contributed by atoms with van der Waals surface area (Å²) < 4.78 is 138. The molecular weight excluding hydrogens is 1530 g/mol. The molecule has 14 aromatic rings. The Kier molecular flexibility index (Phi) is 22.8. The highest BCUT2D eigenvalue weighted by Gasteiger charge is 2.43. The number of oxime groups is 2. The third kappa shape index (κ3) is 16.1. The Bertz CT molecular complexity index is 6070. The fraction of sp³-hybridized carbons (Fsp3) is 0.191. The Morgan fingerprint density at radius 2 is 0.703 bits per heavy atom. The fourth-order valence-corrected chi connectivity index (χ4v) is 15.5. The van der Waals surface area contributed by atoms with E-state index in [1.807, 2.05) is 123 Å². The van der Waals surface area contributed by atoms with Crippen LogP contribution in [0.4, 0.5) is 35.1 Å². The molecule has 0 radical (unpaired) electrons. The summed E-state index contributed by atoms with van der Waals surface area (Å²) in [4.78, 5) is 95.1. The first kappa shape index (κ1) is 80.9. The summed E-state index contributed by atoms with van der Waals surface area (Å²) in [5.41, 5.74) is 10.5. The van der Waals surface area contributed by atoms with Crippen LogP contribution in [0.3, 0.4) is 0 Å². The molecule has 16 nitrogen and oxygen atoms in total. The smallest absolute Gasteiger partial charge is 0.340 e. The maximum atomic E-state index is 15.2. The van der Waals surface area contributed by atoms with Crippen LogP contribution in [-0.4, -0.2) is 107 Å². The van der Waals surface area contributed by atoms with Gasteiger partial charge in [-0.2, -0.15) is 17.6 Å². The number of benzene rings is 12. The maximum Gasteiger partial charge on any atom is 0.340 e. The van der Waals surface area contributed by atoms with Crippen LogP contribution in [0.25, 0.3) is 65.2 Å². The van der Waals surface area contributed by atoms with E-state index < -0.39 is 75.0 Å². The number of fused-ring (bicyclic) bond motifs is 10. The van der Waals surface area contributed by atoms with Crippen LogP contribution in [0.1, 0.15) is 133 Å². The summed E-state index contributed by atoms with van der Waals surface area (Å²) in [6.45, 7) is 9.34. The van der Waals surface area contributed by atoms with Crippen molar-refractivity contribution in [1.82, 2.24) is 9.13 Å². The van der Waals surface area contributed by atoms with Crippen molar-refractivity contribution in [2.45, 2.75) is 93.2 Å². The third-order valence-electron chi connectivity index (χ3n) is 20.5. The molecule has 0 saturated heterocycles. The average Bonchev–Trinajstić information content (AvgIpc) is 1.56. The number of para-hydroxylation sites is 2. The molecule has 2 aromatic heterocycles. The highest BCUT2D eigenvalue weighted by atomic mass is 19.3. The van der Waals surface area contributed by atoms with E-state index in [2.05, 4.69) is 10.3 Å². The van der Waals surface area contributed by atoms with Crippen LogP contribution < -0.4 is 9.47 Å². The summed E-state index contributed by atoms with van der Waals surface area (Å²) in [7, 11) is 0. The topological polar surface area (TPSA) is 192 Å². The molecule has 0 aliphatic heterocycles. The first-order valence-corrected chi connectivity index (χ1v) is 37.5. The molecule has 2 heterocycles. The molecule has 0 N–H and O–H groups in total. The summed E-state index contributed by atoms with van der Waals surface area (Å²) in [5, 5.41) is 12.9. The molecule has 12 aromatic carbocycles. The number of hydrogen-bond acceptors (Lipinski definition) is 14. The van der Waals surface area contributed by atoms with Crippen molar-refractivity contribution in [2.75, 3.05) is 26.4 Å². The summed E-state index contributed by atoms with van der Waals surface area (Å²) >= 11 is 0. The van der Waals surface area contributed by atoms with Gasteiger partial charge >= 0.3 is 48.6 Å². The standard InChI is InChI=1S/C94H74F8N4O12/c1-51-39-53(3)81(54(4)40-51)87(109)75-45-73-71-43-59(83(103-117-57(7)107)69-29-17-19-31-79(69)115-49-93(99,100)91(95)96)33-35-77(71)105(85(73)67-27-15-13-25-65(67)75)47-61-21-9-11-23-63(61)89(111)113-37-38-114-90(112)64-24-12-10-22-62(64)48-106-78-36-34-60(84(104-118-58(8)108)70-30-18-20-32-80(70)116-50-94(101,102)92(97)98)44-72(78)74-46-76(66-26-14-16-28-68(66)86(74)106)88(110)82-55(5)41-52(2)42-56(82)6/h9-36,39-46,91-92H,37-38,47-50H2,1-8H3/b103-83-,104-84-. The van der Waals surface area contributed by atoms with Gasteiger partial charge in [0.05, 0.1) is 22.2 Å². The van der Waals surface area contributed by atoms with E-state index >= 15 is 9.59 Å². The molecule has 0 spiro atoms. The predicted octanol–water partition coefficient (Wildman–Crippen LogP) is 20.8. The number of nitrogens with zero attached hydrogens (tertiary/aromatic N) is 4. The number of carbonyl (C=O) groups is 6. The lowest BCUT2D eigenvalue weighted by Crippen LogP contribution is -2.34. The zero-order chi connectivity index (χ0) is 83.8. The Morgan fingerprint density at radius 1 is 0.373 bits per heavy atom. The third-order valence-corrected chi connectivity index (χ3v) is 20.5. The van der Waals surface area contributed by atoms with Crippen molar-refractivity contribution < 1.29 is 92.5 Å². The first-order chi connectivity index (χ1) is 56.5. The van der Waals surface area contributed by atoms with E-state index in [9.17, 15) is 54.3 Å². The summed E-state index contributed by atoms with van der Waals surface area (Å²) in [6, 6.07) is 61.0.